The first-order valence-electron chi connectivity index (χ1n) is 11.1. The van der Waals surface area contributed by atoms with Crippen molar-refractivity contribution in [3.05, 3.63) is 53.6 Å². The van der Waals surface area contributed by atoms with E-state index in [-0.39, 0.29) is 11.8 Å². The second-order valence-electron chi connectivity index (χ2n) is 7.68. The van der Waals surface area contributed by atoms with Crippen LogP contribution in [0.4, 0.5) is 0 Å². The van der Waals surface area contributed by atoms with Crippen molar-refractivity contribution < 1.29 is 23.8 Å². The zero-order valence-corrected chi connectivity index (χ0v) is 19.1. The van der Waals surface area contributed by atoms with Crippen molar-refractivity contribution in [2.24, 2.45) is 0 Å². The standard InChI is InChI=1S/C25H32N2O5/c1-4-32-22-11-9-19(17-23(22)31-3)10-12-24(28)26-13-6-14-27(16-15-26)25(29)20-7-5-8-21(18-20)30-2/h5,7-9,11,17-18H,4,6,10,12-16H2,1-3H3. The fraction of sp³-hybridized carbons (Fsp3) is 0.440. The molecule has 1 aliphatic heterocycles. The third kappa shape index (κ3) is 5.93. The lowest BCUT2D eigenvalue weighted by molar-refractivity contribution is -0.131. The van der Waals surface area contributed by atoms with Crippen molar-refractivity contribution in [2.45, 2.75) is 26.2 Å². The van der Waals surface area contributed by atoms with Crippen LogP contribution in [0.5, 0.6) is 17.2 Å². The minimum atomic E-state index is -0.0281. The summed E-state index contributed by atoms with van der Waals surface area (Å²) >= 11 is 0. The Bertz CT molecular complexity index is 930. The maximum atomic E-state index is 12.9. The number of methoxy groups -OCH3 is 2. The summed E-state index contributed by atoms with van der Waals surface area (Å²) in [7, 11) is 3.20. The number of aryl methyl sites for hydroxylation is 1. The van der Waals surface area contributed by atoms with Gasteiger partial charge in [0.15, 0.2) is 11.5 Å². The maximum Gasteiger partial charge on any atom is 0.254 e. The summed E-state index contributed by atoms with van der Waals surface area (Å²) in [5.74, 6) is 2.12. The van der Waals surface area contributed by atoms with Gasteiger partial charge < -0.3 is 24.0 Å². The predicted molar refractivity (Wildman–Crippen MR) is 123 cm³/mol. The van der Waals surface area contributed by atoms with Gasteiger partial charge in [0.25, 0.3) is 5.91 Å². The van der Waals surface area contributed by atoms with Crippen LogP contribution in [0.2, 0.25) is 0 Å². The van der Waals surface area contributed by atoms with Gasteiger partial charge in [0.1, 0.15) is 5.75 Å². The lowest BCUT2D eigenvalue weighted by Gasteiger charge is -2.22. The minimum Gasteiger partial charge on any atom is -0.497 e. The van der Waals surface area contributed by atoms with E-state index in [4.69, 9.17) is 14.2 Å². The molecule has 2 aromatic carbocycles. The Morgan fingerprint density at radius 1 is 0.906 bits per heavy atom. The van der Waals surface area contributed by atoms with Gasteiger partial charge in [-0.1, -0.05) is 12.1 Å². The van der Waals surface area contributed by atoms with Crippen LogP contribution < -0.4 is 14.2 Å². The molecule has 0 radical (unpaired) electrons. The Morgan fingerprint density at radius 3 is 2.44 bits per heavy atom. The third-order valence-electron chi connectivity index (χ3n) is 5.61. The van der Waals surface area contributed by atoms with Crippen molar-refractivity contribution in [1.82, 2.24) is 9.80 Å². The van der Waals surface area contributed by atoms with Crippen molar-refractivity contribution in [2.75, 3.05) is 47.0 Å². The molecule has 0 unspecified atom stereocenters. The number of carbonyl (C=O) groups is 2. The smallest absolute Gasteiger partial charge is 0.254 e. The van der Waals surface area contributed by atoms with Crippen LogP contribution in [-0.2, 0) is 11.2 Å². The lowest BCUT2D eigenvalue weighted by Crippen LogP contribution is -2.37. The summed E-state index contributed by atoms with van der Waals surface area (Å²) in [4.78, 5) is 29.4. The molecule has 2 aromatic rings. The Morgan fingerprint density at radius 2 is 1.69 bits per heavy atom. The van der Waals surface area contributed by atoms with Gasteiger partial charge in [0, 0.05) is 38.2 Å². The molecule has 7 nitrogen and oxygen atoms in total. The topological polar surface area (TPSA) is 68.3 Å². The molecule has 0 N–H and O–H groups in total. The molecular weight excluding hydrogens is 408 g/mol. The van der Waals surface area contributed by atoms with Gasteiger partial charge >= 0.3 is 0 Å². The highest BCUT2D eigenvalue weighted by molar-refractivity contribution is 5.94. The summed E-state index contributed by atoms with van der Waals surface area (Å²) in [5, 5.41) is 0. The molecule has 0 spiro atoms. The van der Waals surface area contributed by atoms with E-state index < -0.39 is 0 Å². The summed E-state index contributed by atoms with van der Waals surface area (Å²) in [6.45, 7) is 4.86. The fourth-order valence-electron chi connectivity index (χ4n) is 3.86. The number of carbonyl (C=O) groups excluding carboxylic acids is 2. The van der Waals surface area contributed by atoms with Crippen molar-refractivity contribution in [3.8, 4) is 17.2 Å². The third-order valence-corrected chi connectivity index (χ3v) is 5.61. The van der Waals surface area contributed by atoms with Crippen LogP contribution in [-0.4, -0.2) is 68.6 Å². The van der Waals surface area contributed by atoms with Crippen LogP contribution in [0.25, 0.3) is 0 Å². The molecule has 1 aliphatic rings. The van der Waals surface area contributed by atoms with Gasteiger partial charge in [-0.3, -0.25) is 9.59 Å². The normalized spacial score (nSPS) is 14.0. The summed E-state index contributed by atoms with van der Waals surface area (Å²) < 4.78 is 16.2. The largest absolute Gasteiger partial charge is 0.497 e. The number of amides is 2. The molecule has 0 bridgehead atoms. The lowest BCUT2D eigenvalue weighted by atomic mass is 10.1. The molecule has 0 saturated carbocycles. The first-order valence-corrected chi connectivity index (χ1v) is 11.1. The molecule has 0 aliphatic carbocycles. The highest BCUT2D eigenvalue weighted by Crippen LogP contribution is 2.28. The molecule has 1 fully saturated rings. The quantitative estimate of drug-likeness (QED) is 0.629. The second kappa shape index (κ2) is 11.4. The van der Waals surface area contributed by atoms with Gasteiger partial charge in [0.05, 0.1) is 20.8 Å². The number of nitrogens with zero attached hydrogens (tertiary/aromatic N) is 2. The van der Waals surface area contributed by atoms with E-state index in [1.807, 2.05) is 47.1 Å². The van der Waals surface area contributed by atoms with Gasteiger partial charge in [-0.2, -0.15) is 0 Å². The van der Waals surface area contributed by atoms with E-state index in [2.05, 4.69) is 0 Å². The summed E-state index contributed by atoms with van der Waals surface area (Å²) in [6, 6.07) is 13.0. The summed E-state index contributed by atoms with van der Waals surface area (Å²) in [6.07, 6.45) is 1.81. The molecule has 1 heterocycles. The SMILES string of the molecule is CCOc1ccc(CCC(=O)N2CCCN(C(=O)c3cccc(OC)c3)CC2)cc1OC. The van der Waals surface area contributed by atoms with E-state index in [1.54, 1.807) is 26.4 Å². The fourth-order valence-corrected chi connectivity index (χ4v) is 3.86. The van der Waals surface area contributed by atoms with Crippen molar-refractivity contribution in [3.63, 3.8) is 0 Å². The van der Waals surface area contributed by atoms with E-state index in [1.165, 1.54) is 0 Å². The van der Waals surface area contributed by atoms with E-state index in [9.17, 15) is 9.59 Å². The average molecular weight is 441 g/mol. The van der Waals surface area contributed by atoms with Crippen LogP contribution in [0.3, 0.4) is 0 Å². The van der Waals surface area contributed by atoms with Crippen LogP contribution in [0.15, 0.2) is 42.5 Å². The maximum absolute atomic E-state index is 12.9. The highest BCUT2D eigenvalue weighted by Gasteiger charge is 2.23. The van der Waals surface area contributed by atoms with E-state index >= 15 is 0 Å². The molecule has 0 atom stereocenters. The molecular formula is C25H32N2O5. The monoisotopic (exact) mass is 440 g/mol. The zero-order valence-electron chi connectivity index (χ0n) is 19.1. The van der Waals surface area contributed by atoms with E-state index in [0.29, 0.717) is 68.4 Å². The highest BCUT2D eigenvalue weighted by atomic mass is 16.5. The number of hydrogen-bond acceptors (Lipinski definition) is 5. The Kier molecular flexibility index (Phi) is 8.36. The number of ether oxygens (including phenoxy) is 3. The van der Waals surface area contributed by atoms with Gasteiger partial charge in [-0.25, -0.2) is 0 Å². The number of benzene rings is 2. The molecule has 1 saturated heterocycles. The Balaban J connectivity index is 1.54. The van der Waals surface area contributed by atoms with Crippen LogP contribution in [0.1, 0.15) is 35.7 Å². The van der Waals surface area contributed by atoms with E-state index in [0.717, 1.165) is 12.0 Å². The zero-order chi connectivity index (χ0) is 22.9. The van der Waals surface area contributed by atoms with Crippen molar-refractivity contribution >= 4 is 11.8 Å². The first kappa shape index (κ1) is 23.4. The number of rotatable bonds is 8. The van der Waals surface area contributed by atoms with Crippen LogP contribution >= 0.6 is 0 Å². The average Bonchev–Trinajstić information content (AvgIpc) is 3.09. The molecule has 2 amide bonds. The molecule has 172 valence electrons. The van der Waals surface area contributed by atoms with Gasteiger partial charge in [-0.15, -0.1) is 0 Å². The first-order chi connectivity index (χ1) is 15.5. The second-order valence-corrected chi connectivity index (χ2v) is 7.68. The van der Waals surface area contributed by atoms with Gasteiger partial charge in [-0.05, 0) is 55.7 Å². The molecule has 32 heavy (non-hydrogen) atoms. The van der Waals surface area contributed by atoms with Crippen LogP contribution in [0, 0.1) is 0 Å². The van der Waals surface area contributed by atoms with Gasteiger partial charge in [0.2, 0.25) is 5.91 Å². The summed E-state index contributed by atoms with van der Waals surface area (Å²) in [5.41, 5.74) is 1.64. The van der Waals surface area contributed by atoms with Crippen molar-refractivity contribution in [1.29, 1.82) is 0 Å². The Labute approximate surface area is 189 Å². The predicted octanol–water partition coefficient (Wildman–Crippen LogP) is 3.41. The number of hydrogen-bond donors (Lipinski definition) is 0. The molecule has 3 rings (SSSR count). The molecule has 0 aromatic heterocycles. The Hall–Kier alpha value is -3.22. The minimum absolute atomic E-state index is 0.0281. The molecule has 7 heteroatoms.